The Balaban J connectivity index is 2.45. The number of methoxy groups -OCH3 is 1. The molecule has 0 amide bonds. The molecule has 0 aliphatic heterocycles. The maximum atomic E-state index is 13.6. The van der Waals surface area contributed by atoms with Crippen molar-refractivity contribution in [1.82, 2.24) is 0 Å². The highest BCUT2D eigenvalue weighted by Crippen LogP contribution is 2.29. The molecule has 78 valence electrons. The number of halogens is 2. The first-order valence-corrected chi connectivity index (χ1v) is 5.09. The van der Waals surface area contributed by atoms with Gasteiger partial charge in [0, 0.05) is 6.07 Å². The molecule has 0 fully saturated rings. The molecule has 2 rings (SSSR count). The molecule has 0 saturated carbocycles. The van der Waals surface area contributed by atoms with E-state index < -0.39 is 0 Å². The van der Waals surface area contributed by atoms with Crippen LogP contribution in [0.15, 0.2) is 39.4 Å². The van der Waals surface area contributed by atoms with Crippen LogP contribution in [0.5, 0.6) is 5.75 Å². The van der Waals surface area contributed by atoms with Crippen molar-refractivity contribution >= 4 is 15.9 Å². The molecule has 0 saturated heterocycles. The molecule has 0 N–H and O–H groups in total. The predicted octanol–water partition coefficient (Wildman–Crippen LogP) is 3.86. The van der Waals surface area contributed by atoms with Crippen LogP contribution in [-0.2, 0) is 0 Å². The standard InChI is InChI=1S/C11H8BrFO2/c1-14-7-2-3-8(9(13)6-7)10-4-5-11(12)15-10/h2-6H,1H3. The van der Waals surface area contributed by atoms with Crippen LogP contribution in [0.1, 0.15) is 0 Å². The van der Waals surface area contributed by atoms with Gasteiger partial charge >= 0.3 is 0 Å². The predicted molar refractivity (Wildman–Crippen MR) is 58.4 cm³/mol. The van der Waals surface area contributed by atoms with Crippen molar-refractivity contribution < 1.29 is 13.5 Å². The number of hydrogen-bond acceptors (Lipinski definition) is 2. The van der Waals surface area contributed by atoms with Crippen LogP contribution in [0.4, 0.5) is 4.39 Å². The Labute approximate surface area is 94.8 Å². The van der Waals surface area contributed by atoms with Crippen LogP contribution in [-0.4, -0.2) is 7.11 Å². The van der Waals surface area contributed by atoms with E-state index in [1.165, 1.54) is 13.2 Å². The zero-order valence-corrected chi connectivity index (χ0v) is 9.55. The largest absolute Gasteiger partial charge is 0.497 e. The normalized spacial score (nSPS) is 10.3. The molecule has 0 atom stereocenters. The van der Waals surface area contributed by atoms with Crippen LogP contribution in [0, 0.1) is 5.82 Å². The highest BCUT2D eigenvalue weighted by molar-refractivity contribution is 9.10. The van der Waals surface area contributed by atoms with Gasteiger partial charge < -0.3 is 9.15 Å². The van der Waals surface area contributed by atoms with Crippen molar-refractivity contribution in [1.29, 1.82) is 0 Å². The third-order valence-corrected chi connectivity index (χ3v) is 2.44. The lowest BCUT2D eigenvalue weighted by Gasteiger charge is -2.02. The molecule has 0 radical (unpaired) electrons. The number of hydrogen-bond donors (Lipinski definition) is 0. The molecular formula is C11H8BrFO2. The highest BCUT2D eigenvalue weighted by atomic mass is 79.9. The monoisotopic (exact) mass is 270 g/mol. The summed E-state index contributed by atoms with van der Waals surface area (Å²) in [4.78, 5) is 0. The van der Waals surface area contributed by atoms with Gasteiger partial charge in [-0.2, -0.15) is 0 Å². The number of rotatable bonds is 2. The average molecular weight is 271 g/mol. The van der Waals surface area contributed by atoms with Crippen LogP contribution in [0.25, 0.3) is 11.3 Å². The average Bonchev–Trinajstić information content (AvgIpc) is 2.64. The third kappa shape index (κ3) is 2.04. The molecule has 0 spiro atoms. The summed E-state index contributed by atoms with van der Waals surface area (Å²) in [7, 11) is 1.50. The lowest BCUT2D eigenvalue weighted by atomic mass is 10.1. The smallest absolute Gasteiger partial charge is 0.169 e. The zero-order chi connectivity index (χ0) is 10.8. The SMILES string of the molecule is COc1ccc(-c2ccc(Br)o2)c(F)c1. The fourth-order valence-corrected chi connectivity index (χ4v) is 1.59. The molecule has 0 aliphatic carbocycles. The van der Waals surface area contributed by atoms with Crippen LogP contribution in [0.3, 0.4) is 0 Å². The van der Waals surface area contributed by atoms with Crippen molar-refractivity contribution in [2.45, 2.75) is 0 Å². The minimum absolute atomic E-state index is 0.365. The van der Waals surface area contributed by atoms with Crippen molar-refractivity contribution in [2.24, 2.45) is 0 Å². The molecule has 4 heteroatoms. The van der Waals surface area contributed by atoms with Gasteiger partial charge in [0.05, 0.1) is 12.7 Å². The number of furan rings is 1. The van der Waals surface area contributed by atoms with E-state index in [0.29, 0.717) is 21.7 Å². The summed E-state index contributed by atoms with van der Waals surface area (Å²) in [6.07, 6.45) is 0. The van der Waals surface area contributed by atoms with Gasteiger partial charge in [0.2, 0.25) is 0 Å². The van der Waals surface area contributed by atoms with E-state index in [2.05, 4.69) is 15.9 Å². The van der Waals surface area contributed by atoms with E-state index in [4.69, 9.17) is 9.15 Å². The molecular weight excluding hydrogens is 263 g/mol. The minimum atomic E-state index is -0.365. The van der Waals surface area contributed by atoms with Gasteiger partial charge in [0.1, 0.15) is 17.3 Å². The topological polar surface area (TPSA) is 22.4 Å². The third-order valence-electron chi connectivity index (χ3n) is 2.01. The number of benzene rings is 1. The Morgan fingerprint density at radius 2 is 2.07 bits per heavy atom. The fourth-order valence-electron chi connectivity index (χ4n) is 1.28. The van der Waals surface area contributed by atoms with Crippen molar-refractivity contribution in [3.05, 3.63) is 40.8 Å². The highest BCUT2D eigenvalue weighted by Gasteiger charge is 2.09. The molecule has 0 unspecified atom stereocenters. The summed E-state index contributed by atoms with van der Waals surface area (Å²) in [6.45, 7) is 0. The Kier molecular flexibility index (Phi) is 2.77. The van der Waals surface area contributed by atoms with E-state index >= 15 is 0 Å². The lowest BCUT2D eigenvalue weighted by Crippen LogP contribution is -1.86. The Morgan fingerprint density at radius 1 is 1.27 bits per heavy atom. The van der Waals surface area contributed by atoms with Gasteiger partial charge in [-0.25, -0.2) is 4.39 Å². The molecule has 1 heterocycles. The second-order valence-electron chi connectivity index (χ2n) is 2.95. The van der Waals surface area contributed by atoms with Gasteiger partial charge in [0.15, 0.2) is 4.67 Å². The van der Waals surface area contributed by atoms with Crippen LogP contribution >= 0.6 is 15.9 Å². The summed E-state index contributed by atoms with van der Waals surface area (Å²) in [5.41, 5.74) is 0.418. The first-order valence-electron chi connectivity index (χ1n) is 4.30. The Hall–Kier alpha value is -1.29. The lowest BCUT2D eigenvalue weighted by molar-refractivity contribution is 0.411. The minimum Gasteiger partial charge on any atom is -0.497 e. The van der Waals surface area contributed by atoms with E-state index in [-0.39, 0.29) is 5.82 Å². The molecule has 15 heavy (non-hydrogen) atoms. The Bertz CT molecular complexity index is 479. The maximum absolute atomic E-state index is 13.6. The molecule has 0 bridgehead atoms. The van der Waals surface area contributed by atoms with Crippen molar-refractivity contribution in [3.63, 3.8) is 0 Å². The maximum Gasteiger partial charge on any atom is 0.169 e. The summed E-state index contributed by atoms with van der Waals surface area (Å²) >= 11 is 3.17. The van der Waals surface area contributed by atoms with Gasteiger partial charge in [-0.05, 0) is 40.2 Å². The van der Waals surface area contributed by atoms with Crippen LogP contribution in [0.2, 0.25) is 0 Å². The van der Waals surface area contributed by atoms with Crippen LogP contribution < -0.4 is 4.74 Å². The molecule has 1 aromatic carbocycles. The quantitative estimate of drug-likeness (QED) is 0.827. The summed E-state index contributed by atoms with van der Waals surface area (Å²) in [5.74, 6) is 0.611. The zero-order valence-electron chi connectivity index (χ0n) is 7.96. The molecule has 2 aromatic rings. The Morgan fingerprint density at radius 3 is 2.60 bits per heavy atom. The van der Waals surface area contributed by atoms with E-state index in [9.17, 15) is 4.39 Å². The van der Waals surface area contributed by atoms with Crippen molar-refractivity contribution in [3.8, 4) is 17.1 Å². The van der Waals surface area contributed by atoms with Crippen molar-refractivity contribution in [2.75, 3.05) is 7.11 Å². The summed E-state index contributed by atoms with van der Waals surface area (Å²) in [6, 6.07) is 8.06. The van der Waals surface area contributed by atoms with Gasteiger partial charge in [0.25, 0.3) is 0 Å². The summed E-state index contributed by atoms with van der Waals surface area (Å²) in [5, 5.41) is 0. The first kappa shape index (κ1) is 10.2. The molecule has 1 aromatic heterocycles. The van der Waals surface area contributed by atoms with Gasteiger partial charge in [-0.1, -0.05) is 0 Å². The van der Waals surface area contributed by atoms with Gasteiger partial charge in [-0.3, -0.25) is 0 Å². The summed E-state index contributed by atoms with van der Waals surface area (Å²) < 4.78 is 24.3. The fraction of sp³-hybridized carbons (Fsp3) is 0.0909. The molecule has 2 nitrogen and oxygen atoms in total. The number of ether oxygens (including phenoxy) is 1. The second-order valence-corrected chi connectivity index (χ2v) is 3.73. The molecule has 0 aliphatic rings. The van der Waals surface area contributed by atoms with E-state index in [1.807, 2.05) is 0 Å². The first-order chi connectivity index (χ1) is 7.20. The van der Waals surface area contributed by atoms with E-state index in [0.717, 1.165) is 0 Å². The van der Waals surface area contributed by atoms with Gasteiger partial charge in [-0.15, -0.1) is 0 Å². The second kappa shape index (κ2) is 4.06. The van der Waals surface area contributed by atoms with E-state index in [1.54, 1.807) is 24.3 Å².